The number of ether oxygens (including phenoxy) is 2. The molecule has 0 unspecified atom stereocenters. The third-order valence-electron chi connectivity index (χ3n) is 2.18. The van der Waals surface area contributed by atoms with Crippen LogP contribution in [0.15, 0.2) is 6.20 Å². The van der Waals surface area contributed by atoms with E-state index in [0.717, 1.165) is 0 Å². The van der Waals surface area contributed by atoms with Crippen molar-refractivity contribution in [3.63, 3.8) is 0 Å². The molecule has 1 aromatic heterocycles. The van der Waals surface area contributed by atoms with Gasteiger partial charge in [0.05, 0.1) is 24.3 Å². The summed E-state index contributed by atoms with van der Waals surface area (Å²) in [6.45, 7) is 1.49. The summed E-state index contributed by atoms with van der Waals surface area (Å²) in [6, 6.07) is 0. The fraction of sp³-hybridized carbons (Fsp3) is 0.455. The van der Waals surface area contributed by atoms with Gasteiger partial charge in [0, 0.05) is 6.20 Å². The number of halogens is 5. The maximum absolute atomic E-state index is 12.6. The molecule has 1 N–H and O–H groups in total. The molecule has 0 saturated heterocycles. The lowest BCUT2D eigenvalue weighted by atomic mass is 10.2. The van der Waals surface area contributed by atoms with Gasteiger partial charge >= 0.3 is 12.3 Å². The van der Waals surface area contributed by atoms with E-state index >= 15 is 0 Å². The number of hydrogen-bond acceptors (Lipinski definition) is 5. The van der Waals surface area contributed by atoms with Crippen LogP contribution in [0, 0.1) is 0 Å². The van der Waals surface area contributed by atoms with Crippen molar-refractivity contribution >= 4 is 5.97 Å². The molecule has 0 amide bonds. The summed E-state index contributed by atoms with van der Waals surface area (Å²) < 4.78 is 69.7. The maximum Gasteiger partial charge on any atom is 0.573 e. The first kappa shape index (κ1) is 16.9. The fourth-order valence-corrected chi connectivity index (χ4v) is 1.39. The number of alkyl halides is 5. The zero-order chi connectivity index (χ0) is 16.2. The number of hydrogen-bond donors (Lipinski definition) is 1. The van der Waals surface area contributed by atoms with E-state index < -0.39 is 47.9 Å². The first-order chi connectivity index (χ1) is 9.65. The van der Waals surface area contributed by atoms with Gasteiger partial charge in [0.2, 0.25) is 0 Å². The van der Waals surface area contributed by atoms with Gasteiger partial charge in [0.15, 0.2) is 11.5 Å². The van der Waals surface area contributed by atoms with Crippen LogP contribution < -0.4 is 4.74 Å². The van der Waals surface area contributed by atoms with E-state index in [0.29, 0.717) is 6.20 Å². The Bertz CT molecular complexity index is 518. The third kappa shape index (κ3) is 4.72. The van der Waals surface area contributed by atoms with Crippen molar-refractivity contribution in [3.8, 4) is 11.5 Å². The second-order valence-electron chi connectivity index (χ2n) is 3.67. The molecule has 0 fully saturated rings. The van der Waals surface area contributed by atoms with Crippen LogP contribution in [0.1, 0.15) is 24.6 Å². The number of rotatable bonds is 5. The van der Waals surface area contributed by atoms with Crippen LogP contribution in [0.25, 0.3) is 0 Å². The molecule has 1 heterocycles. The minimum atomic E-state index is -5.29. The molecule has 0 saturated carbocycles. The topological polar surface area (TPSA) is 68.7 Å². The Kier molecular flexibility index (Phi) is 5.28. The molecule has 10 heteroatoms. The van der Waals surface area contributed by atoms with Crippen LogP contribution in [-0.4, -0.2) is 29.0 Å². The largest absolute Gasteiger partial charge is 0.573 e. The van der Waals surface area contributed by atoms with Gasteiger partial charge in [-0.05, 0) is 6.92 Å². The summed E-state index contributed by atoms with van der Waals surface area (Å²) in [6.07, 6.45) is -8.92. The number of aromatic nitrogens is 1. The van der Waals surface area contributed by atoms with Crippen molar-refractivity contribution < 1.29 is 41.3 Å². The lowest BCUT2D eigenvalue weighted by Gasteiger charge is -2.15. The van der Waals surface area contributed by atoms with Crippen molar-refractivity contribution in [2.24, 2.45) is 0 Å². The lowest BCUT2D eigenvalue weighted by Crippen LogP contribution is -2.19. The number of carbonyl (C=O) groups is 1. The molecule has 1 aromatic rings. The van der Waals surface area contributed by atoms with Crippen molar-refractivity contribution in [1.82, 2.24) is 4.98 Å². The Labute approximate surface area is 115 Å². The first-order valence-corrected chi connectivity index (χ1v) is 5.56. The molecule has 1 rings (SSSR count). The standard InChI is InChI=1S/C11H10F5NO4/c1-2-20-7(18)3-6-8(19)9(21-11(14,15)16)5(4-17-6)10(12)13/h4,10,19H,2-3H2,1H3. The van der Waals surface area contributed by atoms with Gasteiger partial charge in [-0.15, -0.1) is 13.2 Å². The van der Waals surface area contributed by atoms with Gasteiger partial charge in [-0.25, -0.2) is 8.78 Å². The second-order valence-corrected chi connectivity index (χ2v) is 3.67. The molecule has 0 aliphatic rings. The molecule has 0 bridgehead atoms. The van der Waals surface area contributed by atoms with Gasteiger partial charge in [-0.3, -0.25) is 9.78 Å². The fourth-order valence-electron chi connectivity index (χ4n) is 1.39. The van der Waals surface area contributed by atoms with Crippen LogP contribution in [0.4, 0.5) is 22.0 Å². The summed E-state index contributed by atoms with van der Waals surface area (Å²) >= 11 is 0. The van der Waals surface area contributed by atoms with Crippen LogP contribution in [-0.2, 0) is 16.0 Å². The molecule has 0 atom stereocenters. The van der Waals surface area contributed by atoms with Crippen LogP contribution >= 0.6 is 0 Å². The predicted molar refractivity (Wildman–Crippen MR) is 57.9 cm³/mol. The summed E-state index contributed by atoms with van der Waals surface area (Å²) in [4.78, 5) is 14.5. The molecule has 21 heavy (non-hydrogen) atoms. The van der Waals surface area contributed by atoms with Crippen molar-refractivity contribution in [3.05, 3.63) is 17.5 Å². The maximum atomic E-state index is 12.6. The third-order valence-corrected chi connectivity index (χ3v) is 2.18. The van der Waals surface area contributed by atoms with E-state index in [2.05, 4.69) is 14.5 Å². The molecule has 0 aromatic carbocycles. The molecule has 0 radical (unpaired) electrons. The SMILES string of the molecule is CCOC(=O)Cc1ncc(C(F)F)c(OC(F)(F)F)c1O. The summed E-state index contributed by atoms with van der Waals surface area (Å²) in [5.74, 6) is -3.65. The molecule has 0 spiro atoms. The van der Waals surface area contributed by atoms with Crippen molar-refractivity contribution in [2.45, 2.75) is 26.1 Å². The highest BCUT2D eigenvalue weighted by molar-refractivity contribution is 5.73. The number of pyridine rings is 1. The molecular formula is C11H10F5NO4. The Balaban J connectivity index is 3.20. The zero-order valence-corrected chi connectivity index (χ0v) is 10.6. The minimum Gasteiger partial charge on any atom is -0.503 e. The van der Waals surface area contributed by atoms with Gasteiger partial charge in [-0.2, -0.15) is 0 Å². The Morgan fingerprint density at radius 3 is 2.52 bits per heavy atom. The van der Waals surface area contributed by atoms with E-state index in [1.807, 2.05) is 0 Å². The summed E-state index contributed by atoms with van der Waals surface area (Å²) in [5, 5.41) is 9.57. The number of esters is 1. The highest BCUT2D eigenvalue weighted by Crippen LogP contribution is 2.40. The normalized spacial score (nSPS) is 11.6. The average Bonchev–Trinajstić information content (AvgIpc) is 2.32. The van der Waals surface area contributed by atoms with E-state index in [9.17, 15) is 31.9 Å². The highest BCUT2D eigenvalue weighted by Gasteiger charge is 2.36. The van der Waals surface area contributed by atoms with E-state index in [4.69, 9.17) is 0 Å². The average molecular weight is 315 g/mol. The second kappa shape index (κ2) is 6.55. The van der Waals surface area contributed by atoms with Crippen LogP contribution in [0.3, 0.4) is 0 Å². The Morgan fingerprint density at radius 1 is 1.43 bits per heavy atom. The summed E-state index contributed by atoms with van der Waals surface area (Å²) in [5.41, 5.74) is -1.80. The number of nitrogens with zero attached hydrogens (tertiary/aromatic N) is 1. The van der Waals surface area contributed by atoms with Gasteiger partial charge in [-0.1, -0.05) is 0 Å². The highest BCUT2D eigenvalue weighted by atomic mass is 19.4. The van der Waals surface area contributed by atoms with Crippen LogP contribution in [0.5, 0.6) is 11.5 Å². The Hall–Kier alpha value is -2.13. The number of aromatic hydroxyl groups is 1. The van der Waals surface area contributed by atoms with E-state index in [1.54, 1.807) is 0 Å². The van der Waals surface area contributed by atoms with E-state index in [1.165, 1.54) is 6.92 Å². The molecule has 0 aliphatic carbocycles. The monoisotopic (exact) mass is 315 g/mol. The number of carbonyl (C=O) groups excluding carboxylic acids is 1. The quantitative estimate of drug-likeness (QED) is 0.668. The van der Waals surface area contributed by atoms with Gasteiger partial charge < -0.3 is 14.6 Å². The minimum absolute atomic E-state index is 0.000616. The summed E-state index contributed by atoms with van der Waals surface area (Å²) in [7, 11) is 0. The first-order valence-electron chi connectivity index (χ1n) is 5.56. The molecule has 5 nitrogen and oxygen atoms in total. The van der Waals surface area contributed by atoms with Gasteiger partial charge in [0.25, 0.3) is 6.43 Å². The Morgan fingerprint density at radius 2 is 2.05 bits per heavy atom. The molecular weight excluding hydrogens is 305 g/mol. The molecule has 118 valence electrons. The molecule has 0 aliphatic heterocycles. The lowest BCUT2D eigenvalue weighted by molar-refractivity contribution is -0.275. The predicted octanol–water partition coefficient (Wildman–Crippen LogP) is 2.73. The van der Waals surface area contributed by atoms with Crippen LogP contribution in [0.2, 0.25) is 0 Å². The van der Waals surface area contributed by atoms with Gasteiger partial charge in [0.1, 0.15) is 0 Å². The zero-order valence-electron chi connectivity index (χ0n) is 10.6. The van der Waals surface area contributed by atoms with Crippen molar-refractivity contribution in [1.29, 1.82) is 0 Å². The van der Waals surface area contributed by atoms with Crippen molar-refractivity contribution in [2.75, 3.05) is 6.61 Å². The smallest absolute Gasteiger partial charge is 0.503 e. The van der Waals surface area contributed by atoms with E-state index in [-0.39, 0.29) is 6.61 Å².